The largest absolute Gasteiger partial charge is 0.349 e. The van der Waals surface area contributed by atoms with Crippen molar-refractivity contribution >= 4 is 54.3 Å². The Bertz CT molecular complexity index is 1110. The number of imidazole rings is 1. The van der Waals surface area contributed by atoms with Crippen molar-refractivity contribution in [3.8, 4) is 0 Å². The van der Waals surface area contributed by atoms with Crippen LogP contribution in [0.1, 0.15) is 48.2 Å². The van der Waals surface area contributed by atoms with Crippen LogP contribution in [0.2, 0.25) is 0 Å². The Morgan fingerprint density at radius 2 is 2.07 bits per heavy atom. The molecule has 29 heavy (non-hydrogen) atoms. The molecule has 1 fully saturated rings. The fourth-order valence-corrected chi connectivity index (χ4v) is 6.32. The van der Waals surface area contributed by atoms with Crippen molar-refractivity contribution in [1.29, 1.82) is 0 Å². The van der Waals surface area contributed by atoms with Crippen molar-refractivity contribution in [2.24, 2.45) is 0 Å². The quantitative estimate of drug-likeness (QED) is 0.485. The predicted octanol–water partition coefficient (Wildman–Crippen LogP) is 5.06. The molecule has 1 amide bonds. The van der Waals surface area contributed by atoms with Crippen LogP contribution in [0.3, 0.4) is 0 Å². The van der Waals surface area contributed by atoms with Crippen LogP contribution in [0.25, 0.3) is 20.6 Å². The zero-order valence-corrected chi connectivity index (χ0v) is 18.1. The zero-order chi connectivity index (χ0) is 20.0. The van der Waals surface area contributed by atoms with Gasteiger partial charge in [-0.1, -0.05) is 23.5 Å². The molecule has 1 unspecified atom stereocenters. The molecule has 0 saturated carbocycles. The first kappa shape index (κ1) is 18.6. The fourth-order valence-electron chi connectivity index (χ4n) is 4.02. The SMILES string of the molecule is CCN(CC)c1nc2sc(C(=O)N3CCCC3c3nc4ccccc4[nH]3)cc2s1. The molecular weight excluding hydrogens is 402 g/mol. The van der Waals surface area contributed by atoms with E-state index in [-0.39, 0.29) is 11.9 Å². The van der Waals surface area contributed by atoms with Gasteiger partial charge in [-0.05, 0) is 44.9 Å². The number of anilines is 1. The van der Waals surface area contributed by atoms with Gasteiger partial charge in [-0.25, -0.2) is 9.97 Å². The fraction of sp³-hybridized carbons (Fsp3) is 0.381. The first-order valence-electron chi connectivity index (χ1n) is 10.1. The van der Waals surface area contributed by atoms with E-state index in [0.717, 1.165) is 68.9 Å². The van der Waals surface area contributed by atoms with Gasteiger partial charge in [0.25, 0.3) is 5.91 Å². The van der Waals surface area contributed by atoms with Crippen LogP contribution in [-0.4, -0.2) is 45.4 Å². The smallest absolute Gasteiger partial charge is 0.264 e. The number of aromatic nitrogens is 3. The summed E-state index contributed by atoms with van der Waals surface area (Å²) in [7, 11) is 0. The number of nitrogens with one attached hydrogen (secondary N) is 1. The Hall–Kier alpha value is -2.45. The lowest BCUT2D eigenvalue weighted by Gasteiger charge is -2.22. The van der Waals surface area contributed by atoms with Gasteiger partial charge in [-0.3, -0.25) is 4.79 Å². The van der Waals surface area contributed by atoms with Gasteiger partial charge in [0, 0.05) is 19.6 Å². The lowest BCUT2D eigenvalue weighted by Crippen LogP contribution is -2.30. The van der Waals surface area contributed by atoms with E-state index in [4.69, 9.17) is 9.97 Å². The Labute approximate surface area is 177 Å². The summed E-state index contributed by atoms with van der Waals surface area (Å²) in [5.41, 5.74) is 1.97. The highest BCUT2D eigenvalue weighted by Gasteiger charge is 2.33. The highest BCUT2D eigenvalue weighted by molar-refractivity contribution is 7.29. The van der Waals surface area contributed by atoms with Gasteiger partial charge in [0.2, 0.25) is 0 Å². The van der Waals surface area contributed by atoms with Gasteiger partial charge < -0.3 is 14.8 Å². The molecule has 0 radical (unpaired) electrons. The number of H-pyrrole nitrogens is 1. The van der Waals surface area contributed by atoms with E-state index < -0.39 is 0 Å². The molecule has 1 N–H and O–H groups in total. The number of nitrogens with zero attached hydrogens (tertiary/aromatic N) is 4. The summed E-state index contributed by atoms with van der Waals surface area (Å²) in [6, 6.07) is 10.0. The molecule has 3 aromatic heterocycles. The summed E-state index contributed by atoms with van der Waals surface area (Å²) in [5, 5.41) is 1.04. The molecular formula is C21H23N5OS2. The molecule has 4 aromatic rings. The summed E-state index contributed by atoms with van der Waals surface area (Å²) >= 11 is 3.18. The van der Waals surface area contributed by atoms with E-state index in [1.807, 2.05) is 35.2 Å². The molecule has 1 saturated heterocycles. The van der Waals surface area contributed by atoms with Crippen molar-refractivity contribution in [3.63, 3.8) is 0 Å². The first-order chi connectivity index (χ1) is 14.2. The van der Waals surface area contributed by atoms with Crippen LogP contribution in [-0.2, 0) is 0 Å². The number of fused-ring (bicyclic) bond motifs is 2. The highest BCUT2D eigenvalue weighted by Crippen LogP contribution is 2.38. The summed E-state index contributed by atoms with van der Waals surface area (Å²) < 4.78 is 1.10. The number of benzene rings is 1. The Kier molecular flexibility index (Phi) is 4.75. The van der Waals surface area contributed by atoms with E-state index in [2.05, 4.69) is 23.7 Å². The molecule has 4 heterocycles. The third kappa shape index (κ3) is 3.20. The Morgan fingerprint density at radius 1 is 1.24 bits per heavy atom. The Morgan fingerprint density at radius 3 is 2.83 bits per heavy atom. The molecule has 1 aliphatic rings. The van der Waals surface area contributed by atoms with E-state index in [0.29, 0.717) is 0 Å². The summed E-state index contributed by atoms with van der Waals surface area (Å²) in [6.45, 7) is 6.93. The van der Waals surface area contributed by atoms with Gasteiger partial charge >= 0.3 is 0 Å². The minimum atomic E-state index is 0.00855. The lowest BCUT2D eigenvalue weighted by atomic mass is 10.2. The normalized spacial score (nSPS) is 16.9. The minimum Gasteiger partial charge on any atom is -0.349 e. The van der Waals surface area contributed by atoms with Crippen LogP contribution in [0, 0.1) is 0 Å². The number of hydrogen-bond donors (Lipinski definition) is 1. The van der Waals surface area contributed by atoms with Gasteiger partial charge in [-0.15, -0.1) is 11.3 Å². The number of para-hydroxylation sites is 2. The van der Waals surface area contributed by atoms with Gasteiger partial charge in [0.05, 0.1) is 26.7 Å². The highest BCUT2D eigenvalue weighted by atomic mass is 32.1. The van der Waals surface area contributed by atoms with Gasteiger partial charge in [-0.2, -0.15) is 0 Å². The monoisotopic (exact) mass is 425 g/mol. The van der Waals surface area contributed by atoms with Crippen molar-refractivity contribution in [2.75, 3.05) is 24.5 Å². The average molecular weight is 426 g/mol. The van der Waals surface area contributed by atoms with Crippen LogP contribution in [0.15, 0.2) is 30.3 Å². The molecule has 0 spiro atoms. The lowest BCUT2D eigenvalue weighted by molar-refractivity contribution is 0.0735. The van der Waals surface area contributed by atoms with Gasteiger partial charge in [0.15, 0.2) is 5.13 Å². The number of amides is 1. The number of thiophene rings is 1. The van der Waals surface area contributed by atoms with E-state index in [9.17, 15) is 4.79 Å². The molecule has 1 aliphatic heterocycles. The van der Waals surface area contributed by atoms with E-state index in [1.165, 1.54) is 11.3 Å². The first-order valence-corrected chi connectivity index (χ1v) is 11.7. The van der Waals surface area contributed by atoms with Crippen LogP contribution >= 0.6 is 22.7 Å². The Balaban J connectivity index is 1.42. The standard InChI is InChI=1S/C21H23N5OS2/c1-3-25(4-2)21-24-19-16(29-21)12-17(28-19)20(27)26-11-7-10-15(26)18-22-13-8-5-6-9-14(13)23-18/h5-6,8-9,12,15H,3-4,7,10-11H2,1-2H3,(H,22,23). The second-order valence-electron chi connectivity index (χ2n) is 7.24. The number of carbonyl (C=O) groups is 1. The number of aromatic amines is 1. The molecule has 8 heteroatoms. The predicted molar refractivity (Wildman–Crippen MR) is 120 cm³/mol. The third-order valence-electron chi connectivity index (χ3n) is 5.56. The molecule has 1 aromatic carbocycles. The van der Waals surface area contributed by atoms with Crippen molar-refractivity contribution in [3.05, 3.63) is 41.0 Å². The number of thiazole rings is 1. The second-order valence-corrected chi connectivity index (χ2v) is 9.28. The third-order valence-corrected chi connectivity index (χ3v) is 7.77. The van der Waals surface area contributed by atoms with Crippen LogP contribution in [0.5, 0.6) is 0 Å². The molecule has 0 bridgehead atoms. The topological polar surface area (TPSA) is 65.1 Å². The van der Waals surface area contributed by atoms with Crippen molar-refractivity contribution in [1.82, 2.24) is 19.9 Å². The van der Waals surface area contributed by atoms with E-state index in [1.54, 1.807) is 11.3 Å². The summed E-state index contributed by atoms with van der Waals surface area (Å²) in [5.74, 6) is 0.977. The molecule has 0 aliphatic carbocycles. The average Bonchev–Trinajstić information content (AvgIpc) is 3.48. The maximum Gasteiger partial charge on any atom is 0.264 e. The van der Waals surface area contributed by atoms with Crippen molar-refractivity contribution < 1.29 is 4.79 Å². The van der Waals surface area contributed by atoms with Crippen molar-refractivity contribution in [2.45, 2.75) is 32.7 Å². The molecule has 1 atom stereocenters. The number of likely N-dealkylation sites (tertiary alicyclic amines) is 1. The molecule has 150 valence electrons. The summed E-state index contributed by atoms with van der Waals surface area (Å²) in [4.78, 5) is 32.2. The maximum absolute atomic E-state index is 13.3. The maximum atomic E-state index is 13.3. The second kappa shape index (κ2) is 7.42. The molecule has 6 nitrogen and oxygen atoms in total. The van der Waals surface area contributed by atoms with Crippen LogP contribution in [0.4, 0.5) is 5.13 Å². The number of hydrogen-bond acceptors (Lipinski definition) is 6. The van der Waals surface area contributed by atoms with E-state index >= 15 is 0 Å². The van der Waals surface area contributed by atoms with Crippen LogP contribution < -0.4 is 4.90 Å². The zero-order valence-electron chi connectivity index (χ0n) is 16.5. The summed E-state index contributed by atoms with van der Waals surface area (Å²) in [6.07, 6.45) is 1.94. The number of carbonyl (C=O) groups excluding carboxylic acids is 1. The minimum absolute atomic E-state index is 0.00855. The molecule has 5 rings (SSSR count). The van der Waals surface area contributed by atoms with Gasteiger partial charge in [0.1, 0.15) is 10.7 Å². The number of rotatable bonds is 5.